The van der Waals surface area contributed by atoms with Crippen molar-refractivity contribution in [1.82, 2.24) is 4.72 Å². The molecular formula is C19H18N4O7S. The number of sulfonamides is 1. The zero-order valence-electron chi connectivity index (χ0n) is 16.4. The summed E-state index contributed by atoms with van der Waals surface area (Å²) in [6.45, 7) is 2.73. The highest BCUT2D eigenvalue weighted by atomic mass is 32.2. The summed E-state index contributed by atoms with van der Waals surface area (Å²) >= 11 is 0. The number of carbonyl (C=O) groups is 2. The molecule has 11 nitrogen and oxygen atoms in total. The van der Waals surface area contributed by atoms with Gasteiger partial charge in [0.25, 0.3) is 21.6 Å². The number of benzene rings is 2. The smallest absolute Gasteiger partial charge is 0.331 e. The number of nitrogens with zero attached hydrogens (tertiary/aromatic N) is 2. The van der Waals surface area contributed by atoms with Crippen LogP contribution in [0.3, 0.4) is 0 Å². The van der Waals surface area contributed by atoms with Crippen LogP contribution in [0, 0.1) is 10.1 Å². The maximum atomic E-state index is 12.3. The summed E-state index contributed by atoms with van der Waals surface area (Å²) in [5.74, 6) is -1.54. The molecule has 162 valence electrons. The lowest BCUT2D eigenvalue weighted by molar-refractivity contribution is -0.384. The van der Waals surface area contributed by atoms with Gasteiger partial charge in [0.05, 0.1) is 9.82 Å². The Labute approximate surface area is 177 Å². The van der Waals surface area contributed by atoms with E-state index in [1.54, 1.807) is 18.2 Å². The maximum absolute atomic E-state index is 12.3. The van der Waals surface area contributed by atoms with Crippen LogP contribution in [0.15, 0.2) is 58.4 Å². The molecule has 31 heavy (non-hydrogen) atoms. The van der Waals surface area contributed by atoms with Gasteiger partial charge in [-0.3, -0.25) is 24.6 Å². The number of hydrogen-bond donors (Lipinski definition) is 2. The second-order valence-corrected chi connectivity index (χ2v) is 8.28. The lowest BCUT2D eigenvalue weighted by Gasteiger charge is -2.15. The summed E-state index contributed by atoms with van der Waals surface area (Å²) in [7, 11) is -3.75. The lowest BCUT2D eigenvalue weighted by atomic mass is 10.2. The number of nitro groups is 1. The van der Waals surface area contributed by atoms with Gasteiger partial charge in [-0.15, -0.1) is 0 Å². The maximum Gasteiger partial charge on any atom is 0.331 e. The van der Waals surface area contributed by atoms with E-state index in [1.165, 1.54) is 44.2 Å². The summed E-state index contributed by atoms with van der Waals surface area (Å²) in [5, 5.41) is 13.3. The van der Waals surface area contributed by atoms with Crippen molar-refractivity contribution in [2.24, 2.45) is 4.99 Å². The molecule has 2 N–H and O–H groups in total. The van der Waals surface area contributed by atoms with Crippen LogP contribution in [0.4, 0.5) is 11.4 Å². The zero-order valence-corrected chi connectivity index (χ0v) is 17.3. The number of nitrogens with one attached hydrogen (secondary N) is 2. The average Bonchev–Trinajstić information content (AvgIpc) is 2.98. The molecule has 1 amide bonds. The minimum Gasteiger partial charge on any atom is -0.451 e. The summed E-state index contributed by atoms with van der Waals surface area (Å²) in [5.41, 5.74) is 0.303. The Morgan fingerprint density at radius 2 is 1.87 bits per heavy atom. The van der Waals surface area contributed by atoms with E-state index in [4.69, 9.17) is 4.74 Å². The van der Waals surface area contributed by atoms with Crippen LogP contribution in [-0.4, -0.2) is 43.2 Å². The third-order valence-corrected chi connectivity index (χ3v) is 5.71. The first-order valence-corrected chi connectivity index (χ1v) is 10.5. The molecule has 0 fully saturated rings. The zero-order chi connectivity index (χ0) is 22.8. The van der Waals surface area contributed by atoms with Crippen LogP contribution in [0.5, 0.6) is 0 Å². The molecule has 12 heteroatoms. The number of non-ortho nitro benzene ring substituents is 1. The molecule has 1 unspecified atom stereocenters. The molecule has 0 aliphatic carbocycles. The monoisotopic (exact) mass is 446 g/mol. The summed E-state index contributed by atoms with van der Waals surface area (Å²) in [6, 6.07) is 10.4. The van der Waals surface area contributed by atoms with Gasteiger partial charge in [0.15, 0.2) is 6.10 Å². The normalized spacial score (nSPS) is 17.2. The number of amidine groups is 1. The Bertz CT molecular complexity index is 1190. The first-order valence-electron chi connectivity index (χ1n) is 9.04. The number of amides is 1. The Hall–Kier alpha value is -3.80. The standard InChI is InChI=1S/C19H18N4O7S/c1-11(20-17-15-8-3-4-9-16(15)31(28,29)22-17)19(25)30-12(2)18(24)21-13-6-5-7-14(10-13)23(26)27/h3-12H,1-2H3,(H,20,22)(H,21,24)/t11-,12?/m0/s1. The van der Waals surface area contributed by atoms with Gasteiger partial charge in [0, 0.05) is 23.4 Å². The first kappa shape index (κ1) is 21.9. The van der Waals surface area contributed by atoms with E-state index in [-0.39, 0.29) is 22.1 Å². The van der Waals surface area contributed by atoms with E-state index in [1.807, 2.05) is 0 Å². The van der Waals surface area contributed by atoms with Crippen molar-refractivity contribution in [3.8, 4) is 0 Å². The second kappa shape index (κ2) is 8.52. The molecule has 1 aliphatic rings. The van der Waals surface area contributed by atoms with Crippen LogP contribution in [0.2, 0.25) is 0 Å². The molecule has 0 radical (unpaired) electrons. The largest absolute Gasteiger partial charge is 0.451 e. The van der Waals surface area contributed by atoms with E-state index in [0.29, 0.717) is 5.56 Å². The molecule has 0 bridgehead atoms. The fraction of sp³-hybridized carbons (Fsp3) is 0.211. The van der Waals surface area contributed by atoms with Gasteiger partial charge in [-0.1, -0.05) is 18.2 Å². The van der Waals surface area contributed by atoms with Crippen molar-refractivity contribution in [3.63, 3.8) is 0 Å². The lowest BCUT2D eigenvalue weighted by Crippen LogP contribution is -2.33. The Balaban J connectivity index is 1.66. The van der Waals surface area contributed by atoms with Crippen LogP contribution in [-0.2, 0) is 24.3 Å². The molecule has 3 rings (SSSR count). The highest BCUT2D eigenvalue weighted by Gasteiger charge is 2.31. The Kier molecular flexibility index (Phi) is 6.02. The molecule has 1 aliphatic heterocycles. The Morgan fingerprint density at radius 3 is 2.58 bits per heavy atom. The predicted molar refractivity (Wildman–Crippen MR) is 110 cm³/mol. The quantitative estimate of drug-likeness (QED) is 0.387. The van der Waals surface area contributed by atoms with Crippen molar-refractivity contribution in [2.45, 2.75) is 30.9 Å². The number of esters is 1. The van der Waals surface area contributed by atoms with Crippen LogP contribution < -0.4 is 10.0 Å². The number of hydrogen-bond acceptors (Lipinski definition) is 8. The SMILES string of the molecule is CC(OC(=O)[C@H](C)N=C1NS(=O)(=O)c2ccccc21)C(=O)Nc1cccc([N+](=O)[O-])c1. The van der Waals surface area contributed by atoms with Crippen molar-refractivity contribution in [2.75, 3.05) is 5.32 Å². The fourth-order valence-electron chi connectivity index (χ4n) is 2.74. The van der Waals surface area contributed by atoms with Crippen molar-refractivity contribution in [1.29, 1.82) is 0 Å². The topological polar surface area (TPSA) is 157 Å². The first-order chi connectivity index (χ1) is 14.6. The van der Waals surface area contributed by atoms with Crippen LogP contribution in [0.25, 0.3) is 0 Å². The number of fused-ring (bicyclic) bond motifs is 1. The van der Waals surface area contributed by atoms with E-state index in [9.17, 15) is 28.1 Å². The molecule has 0 spiro atoms. The molecular weight excluding hydrogens is 428 g/mol. The van der Waals surface area contributed by atoms with Crippen molar-refractivity contribution in [3.05, 3.63) is 64.2 Å². The second-order valence-electron chi connectivity index (χ2n) is 6.63. The highest BCUT2D eigenvalue weighted by molar-refractivity contribution is 7.90. The van der Waals surface area contributed by atoms with E-state index < -0.39 is 39.0 Å². The molecule has 2 aromatic carbocycles. The van der Waals surface area contributed by atoms with Gasteiger partial charge < -0.3 is 10.1 Å². The van der Waals surface area contributed by atoms with Crippen LogP contribution >= 0.6 is 0 Å². The molecule has 1 heterocycles. The van der Waals surface area contributed by atoms with Crippen molar-refractivity contribution < 1.29 is 27.7 Å². The summed E-state index contributed by atoms with van der Waals surface area (Å²) in [4.78, 5) is 39.0. The molecule has 2 atom stereocenters. The molecule has 0 saturated heterocycles. The Morgan fingerprint density at radius 1 is 1.16 bits per heavy atom. The van der Waals surface area contributed by atoms with Gasteiger partial charge in [-0.2, -0.15) is 0 Å². The van der Waals surface area contributed by atoms with Gasteiger partial charge >= 0.3 is 5.97 Å². The summed E-state index contributed by atoms with van der Waals surface area (Å²) < 4.78 is 31.6. The predicted octanol–water partition coefficient (Wildman–Crippen LogP) is 1.59. The highest BCUT2D eigenvalue weighted by Crippen LogP contribution is 2.23. The van der Waals surface area contributed by atoms with Gasteiger partial charge in [-0.05, 0) is 32.0 Å². The number of anilines is 1. The number of ether oxygens (including phenoxy) is 1. The fourth-order valence-corrected chi connectivity index (χ4v) is 3.98. The summed E-state index contributed by atoms with van der Waals surface area (Å²) in [6.07, 6.45) is -1.22. The third kappa shape index (κ3) is 4.86. The van der Waals surface area contributed by atoms with Gasteiger partial charge in [0.2, 0.25) is 0 Å². The number of rotatable bonds is 6. The minimum atomic E-state index is -3.75. The van der Waals surface area contributed by atoms with Gasteiger partial charge in [0.1, 0.15) is 11.9 Å². The molecule has 0 saturated carbocycles. The van der Waals surface area contributed by atoms with Crippen LogP contribution in [0.1, 0.15) is 19.4 Å². The number of carbonyl (C=O) groups excluding carboxylic acids is 2. The van der Waals surface area contributed by atoms with Crippen molar-refractivity contribution >= 4 is 39.1 Å². The number of nitro benzene ring substituents is 1. The van der Waals surface area contributed by atoms with E-state index in [2.05, 4.69) is 15.0 Å². The average molecular weight is 446 g/mol. The van der Waals surface area contributed by atoms with E-state index >= 15 is 0 Å². The minimum absolute atomic E-state index is 0.00810. The third-order valence-electron chi connectivity index (χ3n) is 4.31. The molecule has 0 aromatic heterocycles. The molecule has 2 aromatic rings. The van der Waals surface area contributed by atoms with E-state index in [0.717, 1.165) is 0 Å². The number of aliphatic imine (C=N–C) groups is 1. The van der Waals surface area contributed by atoms with Gasteiger partial charge in [-0.25, -0.2) is 13.2 Å².